The molecule has 5 fully saturated rings. The predicted octanol–water partition coefficient (Wildman–Crippen LogP) is 7.28. The zero-order chi connectivity index (χ0) is 23.4. The minimum absolute atomic E-state index is 0.0897. The Morgan fingerprint density at radius 1 is 0.875 bits per heavy atom. The Balaban J connectivity index is 1.41. The van der Waals surface area contributed by atoms with Crippen molar-refractivity contribution in [1.29, 1.82) is 0 Å². The van der Waals surface area contributed by atoms with E-state index in [1.54, 1.807) is 5.57 Å². The van der Waals surface area contributed by atoms with Crippen LogP contribution in [0.3, 0.4) is 0 Å². The molecule has 5 saturated carbocycles. The molecule has 0 aromatic heterocycles. The maximum Gasteiger partial charge on any atom is 0.0594 e. The summed E-state index contributed by atoms with van der Waals surface area (Å²) in [6, 6.07) is 0. The molecule has 2 nitrogen and oxygen atoms in total. The number of hydrogen-bond donors (Lipinski definition) is 2. The monoisotopic (exact) mass is 442 g/mol. The Bertz CT molecular complexity index is 804. The second-order valence-electron chi connectivity index (χ2n) is 14.8. The van der Waals surface area contributed by atoms with Crippen molar-refractivity contribution in [2.24, 2.45) is 44.8 Å². The van der Waals surface area contributed by atoms with Gasteiger partial charge in [-0.2, -0.15) is 0 Å². The lowest BCUT2D eigenvalue weighted by atomic mass is 9.42. The molecule has 182 valence electrons. The van der Waals surface area contributed by atoms with Gasteiger partial charge in [0.2, 0.25) is 0 Å². The van der Waals surface area contributed by atoms with Gasteiger partial charge in [-0.1, -0.05) is 39.3 Å². The molecular formula is C30H50O2. The first-order chi connectivity index (χ1) is 14.7. The number of rotatable bonds is 4. The highest BCUT2D eigenvalue weighted by atomic mass is 16.3. The largest absolute Gasteiger partial charge is 0.393 e. The standard InChI is InChI=1S/C30H50O2/c1-20(9-8-14-25(2,3)32)21-12-15-28(7)23-11-10-22-26(4,5)24(31)13-16-29(22)19-30(23,29)18-17-27(21,28)6/h9,21-24,31-32H,8,10-19H2,1-7H3/b20-9-/t21-,22+,23-,24+,27-,28+,29-,30+/m1/s1. The number of aliphatic hydroxyl groups excluding tert-OH is 1. The van der Waals surface area contributed by atoms with E-state index in [1.807, 2.05) is 13.8 Å². The van der Waals surface area contributed by atoms with Crippen LogP contribution in [0.25, 0.3) is 0 Å². The van der Waals surface area contributed by atoms with Crippen LogP contribution in [-0.4, -0.2) is 21.9 Å². The third-order valence-electron chi connectivity index (χ3n) is 12.9. The van der Waals surface area contributed by atoms with E-state index in [4.69, 9.17) is 0 Å². The Hall–Kier alpha value is -0.340. The molecule has 0 aliphatic heterocycles. The Morgan fingerprint density at radius 2 is 1.53 bits per heavy atom. The minimum Gasteiger partial charge on any atom is -0.393 e. The van der Waals surface area contributed by atoms with Gasteiger partial charge in [0.1, 0.15) is 0 Å². The molecule has 2 spiro atoms. The van der Waals surface area contributed by atoms with Crippen molar-refractivity contribution < 1.29 is 10.2 Å². The molecule has 5 rings (SSSR count). The van der Waals surface area contributed by atoms with Crippen LogP contribution >= 0.6 is 0 Å². The lowest BCUT2D eigenvalue weighted by Crippen LogP contribution is -2.57. The predicted molar refractivity (Wildman–Crippen MR) is 132 cm³/mol. The zero-order valence-corrected chi connectivity index (χ0v) is 22.1. The summed E-state index contributed by atoms with van der Waals surface area (Å²) < 4.78 is 0. The van der Waals surface area contributed by atoms with Gasteiger partial charge in [-0.15, -0.1) is 0 Å². The summed E-state index contributed by atoms with van der Waals surface area (Å²) >= 11 is 0. The Labute approximate surface area is 197 Å². The van der Waals surface area contributed by atoms with Crippen molar-refractivity contribution in [1.82, 2.24) is 0 Å². The fourth-order valence-electron chi connectivity index (χ4n) is 10.9. The molecule has 0 aromatic carbocycles. The molecule has 0 bridgehead atoms. The summed E-state index contributed by atoms with van der Waals surface area (Å²) in [6.07, 6.45) is 16.3. The van der Waals surface area contributed by atoms with Crippen molar-refractivity contribution in [2.75, 3.05) is 0 Å². The molecule has 0 amide bonds. The van der Waals surface area contributed by atoms with E-state index in [2.05, 4.69) is 40.7 Å². The fourth-order valence-corrected chi connectivity index (χ4v) is 10.9. The third kappa shape index (κ3) is 2.84. The Kier molecular flexibility index (Phi) is 5.02. The van der Waals surface area contributed by atoms with E-state index in [9.17, 15) is 10.2 Å². The highest BCUT2D eigenvalue weighted by molar-refractivity contribution is 5.32. The van der Waals surface area contributed by atoms with Crippen molar-refractivity contribution in [3.05, 3.63) is 11.6 Å². The van der Waals surface area contributed by atoms with E-state index in [0.29, 0.717) is 27.6 Å². The summed E-state index contributed by atoms with van der Waals surface area (Å²) in [5.41, 5.74) is 3.11. The van der Waals surface area contributed by atoms with Crippen molar-refractivity contribution in [2.45, 2.75) is 131 Å². The molecule has 0 heterocycles. The number of allylic oxidation sites excluding steroid dienone is 2. The van der Waals surface area contributed by atoms with Gasteiger partial charge in [0, 0.05) is 0 Å². The molecule has 8 atom stereocenters. The average Bonchev–Trinajstić information content (AvgIpc) is 3.27. The van der Waals surface area contributed by atoms with Crippen molar-refractivity contribution in [3.63, 3.8) is 0 Å². The van der Waals surface area contributed by atoms with Crippen LogP contribution in [-0.2, 0) is 0 Å². The Morgan fingerprint density at radius 3 is 2.22 bits per heavy atom. The maximum atomic E-state index is 10.8. The van der Waals surface area contributed by atoms with E-state index in [1.165, 1.54) is 51.4 Å². The van der Waals surface area contributed by atoms with Gasteiger partial charge in [-0.05, 0) is 136 Å². The third-order valence-corrected chi connectivity index (χ3v) is 12.9. The molecule has 5 aliphatic carbocycles. The van der Waals surface area contributed by atoms with Crippen molar-refractivity contribution in [3.8, 4) is 0 Å². The summed E-state index contributed by atoms with van der Waals surface area (Å²) in [5, 5.41) is 21.0. The van der Waals surface area contributed by atoms with E-state index in [-0.39, 0.29) is 11.5 Å². The van der Waals surface area contributed by atoms with Crippen molar-refractivity contribution >= 4 is 0 Å². The molecule has 0 unspecified atom stereocenters. The van der Waals surface area contributed by atoms with Crippen LogP contribution in [0.15, 0.2) is 11.6 Å². The first-order valence-electron chi connectivity index (χ1n) is 13.8. The second-order valence-corrected chi connectivity index (χ2v) is 14.8. The first-order valence-corrected chi connectivity index (χ1v) is 13.8. The summed E-state index contributed by atoms with van der Waals surface area (Å²) in [7, 11) is 0. The summed E-state index contributed by atoms with van der Waals surface area (Å²) in [5.74, 6) is 2.32. The van der Waals surface area contributed by atoms with Gasteiger partial charge in [0.25, 0.3) is 0 Å². The van der Waals surface area contributed by atoms with Crippen LogP contribution in [0, 0.1) is 44.8 Å². The average molecular weight is 443 g/mol. The van der Waals surface area contributed by atoms with Gasteiger partial charge in [-0.3, -0.25) is 0 Å². The van der Waals surface area contributed by atoms with Crippen LogP contribution in [0.1, 0.15) is 119 Å². The SMILES string of the molecule is C/C(=C/CCC(C)(C)O)[C@H]1CC[C@@]2(C)[C@H]3CC[C@H]4C(C)(C)[C@@H](O)CC[C@@]45C[C@@]35CC[C@]12C. The quantitative estimate of drug-likeness (QED) is 0.449. The zero-order valence-electron chi connectivity index (χ0n) is 22.1. The molecule has 5 aliphatic rings. The number of fused-ring (bicyclic) bond motifs is 2. The second kappa shape index (κ2) is 6.87. The minimum atomic E-state index is -0.567. The maximum absolute atomic E-state index is 10.8. The highest BCUT2D eigenvalue weighted by Gasteiger charge is 2.82. The number of aliphatic hydroxyl groups is 2. The lowest BCUT2D eigenvalue weighted by Gasteiger charge is -2.63. The summed E-state index contributed by atoms with van der Waals surface area (Å²) in [4.78, 5) is 0. The van der Waals surface area contributed by atoms with Crippen LogP contribution in [0.5, 0.6) is 0 Å². The molecule has 2 heteroatoms. The van der Waals surface area contributed by atoms with Gasteiger partial charge in [-0.25, -0.2) is 0 Å². The van der Waals surface area contributed by atoms with Gasteiger partial charge < -0.3 is 10.2 Å². The lowest BCUT2D eigenvalue weighted by molar-refractivity contribution is -0.157. The van der Waals surface area contributed by atoms with E-state index in [0.717, 1.165) is 31.1 Å². The first kappa shape index (κ1) is 23.4. The normalized spacial score (nSPS) is 52.0. The highest BCUT2D eigenvalue weighted by Crippen LogP contribution is 2.89. The van der Waals surface area contributed by atoms with Crippen LogP contribution < -0.4 is 0 Å². The van der Waals surface area contributed by atoms with E-state index < -0.39 is 5.60 Å². The smallest absolute Gasteiger partial charge is 0.0594 e. The topological polar surface area (TPSA) is 40.5 Å². The summed E-state index contributed by atoms with van der Waals surface area (Å²) in [6.45, 7) is 16.3. The van der Waals surface area contributed by atoms with Gasteiger partial charge >= 0.3 is 0 Å². The van der Waals surface area contributed by atoms with Gasteiger partial charge in [0.15, 0.2) is 0 Å². The molecule has 0 saturated heterocycles. The van der Waals surface area contributed by atoms with Crippen LogP contribution in [0.4, 0.5) is 0 Å². The van der Waals surface area contributed by atoms with E-state index >= 15 is 0 Å². The van der Waals surface area contributed by atoms with Crippen LogP contribution in [0.2, 0.25) is 0 Å². The fraction of sp³-hybridized carbons (Fsp3) is 0.933. The van der Waals surface area contributed by atoms with Gasteiger partial charge in [0.05, 0.1) is 11.7 Å². The molecule has 0 radical (unpaired) electrons. The molecule has 0 aromatic rings. The molecule has 2 N–H and O–H groups in total. The molecular weight excluding hydrogens is 392 g/mol. The molecule has 32 heavy (non-hydrogen) atoms. The number of hydrogen-bond acceptors (Lipinski definition) is 2.